The van der Waals surface area contributed by atoms with Crippen LogP contribution in [0.2, 0.25) is 0 Å². The molecule has 96 valence electrons. The summed E-state index contributed by atoms with van der Waals surface area (Å²) in [4.78, 5) is 0.255. The summed E-state index contributed by atoms with van der Waals surface area (Å²) in [5, 5.41) is 0. The number of alkyl halides is 1. The molecule has 0 fully saturated rings. The monoisotopic (exact) mass is 347 g/mol. The maximum Gasteiger partial charge on any atom is 0.268 e. The van der Waals surface area contributed by atoms with Gasteiger partial charge < -0.3 is 0 Å². The van der Waals surface area contributed by atoms with Crippen LogP contribution >= 0.6 is 27.5 Å². The number of aromatic nitrogens is 1. The molecule has 1 aromatic heterocycles. The van der Waals surface area contributed by atoms with Crippen LogP contribution in [0, 0.1) is 6.92 Å². The zero-order valence-corrected chi connectivity index (χ0v) is 12.8. The van der Waals surface area contributed by atoms with Gasteiger partial charge in [-0.2, -0.15) is 0 Å². The van der Waals surface area contributed by atoms with E-state index in [0.717, 1.165) is 11.1 Å². The number of halogens is 2. The van der Waals surface area contributed by atoms with Crippen molar-refractivity contribution in [2.45, 2.75) is 17.7 Å². The first-order valence-corrected chi connectivity index (χ1v) is 7.97. The van der Waals surface area contributed by atoms with E-state index in [4.69, 9.17) is 11.6 Å². The Morgan fingerprint density at radius 1 is 1.28 bits per heavy atom. The highest BCUT2D eigenvalue weighted by molar-refractivity contribution is 9.10. The minimum atomic E-state index is -3.56. The maximum absolute atomic E-state index is 12.4. The summed E-state index contributed by atoms with van der Waals surface area (Å²) in [7, 11) is -3.56. The van der Waals surface area contributed by atoms with E-state index in [2.05, 4.69) is 15.9 Å². The Morgan fingerprint density at radius 3 is 2.39 bits per heavy atom. The second kappa shape index (κ2) is 5.07. The van der Waals surface area contributed by atoms with E-state index in [1.54, 1.807) is 30.3 Å². The minimum Gasteiger partial charge on any atom is -0.235 e. The summed E-state index contributed by atoms with van der Waals surface area (Å²) in [5.41, 5.74) is 1.76. The average molecular weight is 349 g/mol. The highest BCUT2D eigenvalue weighted by atomic mass is 79.9. The Bertz CT molecular complexity index is 662. The molecule has 0 aliphatic heterocycles. The van der Waals surface area contributed by atoms with Crippen LogP contribution in [0.4, 0.5) is 0 Å². The van der Waals surface area contributed by atoms with E-state index in [-0.39, 0.29) is 10.8 Å². The molecule has 0 bridgehead atoms. The Hall–Kier alpha value is -0.780. The molecule has 3 nitrogen and oxygen atoms in total. The van der Waals surface area contributed by atoms with Gasteiger partial charge in [0, 0.05) is 12.1 Å². The van der Waals surface area contributed by atoms with E-state index >= 15 is 0 Å². The fraction of sp³-hybridized carbons (Fsp3) is 0.167. The third-order valence-corrected chi connectivity index (χ3v) is 5.37. The number of hydrogen-bond donors (Lipinski definition) is 0. The Morgan fingerprint density at radius 2 is 1.89 bits per heavy atom. The first kappa shape index (κ1) is 13.6. The van der Waals surface area contributed by atoms with Crippen LogP contribution in [-0.4, -0.2) is 12.4 Å². The molecule has 0 unspecified atom stereocenters. The molecule has 6 heteroatoms. The van der Waals surface area contributed by atoms with Gasteiger partial charge >= 0.3 is 0 Å². The van der Waals surface area contributed by atoms with Crippen LogP contribution < -0.4 is 0 Å². The van der Waals surface area contributed by atoms with E-state index in [9.17, 15) is 8.42 Å². The van der Waals surface area contributed by atoms with Crippen molar-refractivity contribution in [1.82, 2.24) is 3.97 Å². The van der Waals surface area contributed by atoms with Crippen LogP contribution in [0.5, 0.6) is 0 Å². The van der Waals surface area contributed by atoms with Crippen LogP contribution in [0.1, 0.15) is 11.1 Å². The van der Waals surface area contributed by atoms with Crippen molar-refractivity contribution in [2.75, 3.05) is 0 Å². The van der Waals surface area contributed by atoms with Crippen molar-refractivity contribution < 1.29 is 8.42 Å². The highest BCUT2D eigenvalue weighted by Crippen LogP contribution is 2.23. The molecule has 0 spiro atoms. The predicted octanol–water partition coefficient (Wildman–Crippen LogP) is 3.53. The van der Waals surface area contributed by atoms with Crippen molar-refractivity contribution in [2.24, 2.45) is 0 Å². The lowest BCUT2D eigenvalue weighted by Gasteiger charge is -2.07. The smallest absolute Gasteiger partial charge is 0.235 e. The van der Waals surface area contributed by atoms with Gasteiger partial charge in [0.25, 0.3) is 10.0 Å². The maximum atomic E-state index is 12.4. The van der Waals surface area contributed by atoms with E-state index < -0.39 is 10.0 Å². The number of rotatable bonds is 3. The number of benzene rings is 1. The van der Waals surface area contributed by atoms with Gasteiger partial charge in [-0.15, -0.1) is 11.6 Å². The van der Waals surface area contributed by atoms with Crippen molar-refractivity contribution in [3.05, 3.63) is 52.3 Å². The molecule has 1 aromatic carbocycles. The Balaban J connectivity index is 2.54. The van der Waals surface area contributed by atoms with Gasteiger partial charge in [-0.3, -0.25) is 0 Å². The van der Waals surface area contributed by atoms with E-state index in [0.29, 0.717) is 4.60 Å². The lowest BCUT2D eigenvalue weighted by Crippen LogP contribution is -2.12. The second-order valence-corrected chi connectivity index (χ2v) is 6.81. The molecule has 2 aromatic rings. The van der Waals surface area contributed by atoms with E-state index in [1.807, 2.05) is 6.92 Å². The molecule has 0 aliphatic carbocycles. The van der Waals surface area contributed by atoms with E-state index in [1.165, 1.54) is 10.2 Å². The lowest BCUT2D eigenvalue weighted by molar-refractivity contribution is 0.586. The van der Waals surface area contributed by atoms with Crippen molar-refractivity contribution in [3.63, 3.8) is 0 Å². The third-order valence-electron chi connectivity index (χ3n) is 2.53. The van der Waals surface area contributed by atoms with Crippen LogP contribution in [0.3, 0.4) is 0 Å². The van der Waals surface area contributed by atoms with Gasteiger partial charge in [0.15, 0.2) is 0 Å². The summed E-state index contributed by atoms with van der Waals surface area (Å²) in [5.74, 6) is 0.273. The quantitative estimate of drug-likeness (QED) is 0.796. The predicted molar refractivity (Wildman–Crippen MR) is 75.5 cm³/mol. The van der Waals surface area contributed by atoms with Crippen LogP contribution in [0.25, 0.3) is 0 Å². The molecule has 0 saturated heterocycles. The first-order chi connectivity index (χ1) is 8.45. The summed E-state index contributed by atoms with van der Waals surface area (Å²) in [6, 6.07) is 8.42. The zero-order valence-electron chi connectivity index (χ0n) is 9.60. The Kier molecular flexibility index (Phi) is 3.84. The molecule has 1 heterocycles. The van der Waals surface area contributed by atoms with Crippen LogP contribution in [-0.2, 0) is 15.9 Å². The number of nitrogens with zero attached hydrogens (tertiary/aromatic N) is 1. The molecule has 0 radical (unpaired) electrons. The molecule has 0 atom stereocenters. The summed E-state index contributed by atoms with van der Waals surface area (Å²) in [6.45, 7) is 1.91. The topological polar surface area (TPSA) is 39.1 Å². The lowest BCUT2D eigenvalue weighted by atomic mass is 10.2. The van der Waals surface area contributed by atoms with Gasteiger partial charge in [0.1, 0.15) is 4.60 Å². The highest BCUT2D eigenvalue weighted by Gasteiger charge is 2.19. The third kappa shape index (κ3) is 2.48. The molecular weight excluding hydrogens is 338 g/mol. The number of hydrogen-bond acceptors (Lipinski definition) is 2. The van der Waals surface area contributed by atoms with Gasteiger partial charge in [0.2, 0.25) is 0 Å². The van der Waals surface area contributed by atoms with Crippen molar-refractivity contribution >= 4 is 37.6 Å². The molecule has 2 rings (SSSR count). The van der Waals surface area contributed by atoms with Gasteiger partial charge in [0.05, 0.1) is 4.90 Å². The van der Waals surface area contributed by atoms with Crippen molar-refractivity contribution in [1.29, 1.82) is 0 Å². The Labute approximate surface area is 120 Å². The average Bonchev–Trinajstić information content (AvgIpc) is 2.72. The zero-order chi connectivity index (χ0) is 13.3. The second-order valence-electron chi connectivity index (χ2n) is 3.92. The van der Waals surface area contributed by atoms with Crippen molar-refractivity contribution in [3.8, 4) is 0 Å². The SMILES string of the molecule is Cc1ccc(S(=O)(=O)n2cc(CCl)cc2Br)cc1. The fourth-order valence-electron chi connectivity index (χ4n) is 1.55. The summed E-state index contributed by atoms with van der Waals surface area (Å²) < 4.78 is 26.4. The molecule has 0 saturated carbocycles. The molecule has 0 amide bonds. The summed E-state index contributed by atoms with van der Waals surface area (Å²) in [6.07, 6.45) is 1.52. The molecular formula is C12H11BrClNO2S. The fourth-order valence-corrected chi connectivity index (χ4v) is 3.93. The molecule has 18 heavy (non-hydrogen) atoms. The molecule has 0 N–H and O–H groups in total. The van der Waals surface area contributed by atoms with Crippen LogP contribution in [0.15, 0.2) is 46.0 Å². The van der Waals surface area contributed by atoms with Gasteiger partial charge in [-0.1, -0.05) is 17.7 Å². The van der Waals surface area contributed by atoms with Gasteiger partial charge in [-0.25, -0.2) is 12.4 Å². The first-order valence-electron chi connectivity index (χ1n) is 5.20. The largest absolute Gasteiger partial charge is 0.268 e. The molecule has 0 aliphatic rings. The minimum absolute atomic E-state index is 0.255. The number of aryl methyl sites for hydroxylation is 1. The van der Waals surface area contributed by atoms with Gasteiger partial charge in [-0.05, 0) is 46.6 Å². The normalized spacial score (nSPS) is 11.7. The standard InChI is InChI=1S/C12H11BrClNO2S/c1-9-2-4-11(5-3-9)18(16,17)15-8-10(7-14)6-12(15)13/h2-6,8H,7H2,1H3. The summed E-state index contributed by atoms with van der Waals surface area (Å²) >= 11 is 8.93.